The number of carbonyl (C=O) groups is 1. The zero-order valence-corrected chi connectivity index (χ0v) is 11.4. The van der Waals surface area contributed by atoms with Crippen molar-refractivity contribution in [3.63, 3.8) is 0 Å². The quantitative estimate of drug-likeness (QED) is 0.783. The van der Waals surface area contributed by atoms with Gasteiger partial charge in [-0.15, -0.1) is 0 Å². The minimum Gasteiger partial charge on any atom is -0.435 e. The van der Waals surface area contributed by atoms with Crippen LogP contribution in [0.2, 0.25) is 0 Å². The third-order valence-corrected chi connectivity index (χ3v) is 3.43. The Hall–Kier alpha value is -1.89. The molecule has 0 aromatic heterocycles. The lowest BCUT2D eigenvalue weighted by Gasteiger charge is -2.22. The molecule has 1 aromatic rings. The number of urea groups is 1. The van der Waals surface area contributed by atoms with E-state index in [1.165, 1.54) is 18.2 Å². The Balaban J connectivity index is 1.84. The maximum atomic E-state index is 12.1. The Kier molecular flexibility index (Phi) is 4.95. The summed E-state index contributed by atoms with van der Waals surface area (Å²) in [5.41, 5.74) is -0.498. The fourth-order valence-electron chi connectivity index (χ4n) is 2.38. The molecule has 0 heterocycles. The molecular formula is C14H18F2N2O3. The number of aliphatic hydroxyl groups is 1. The molecule has 0 saturated heterocycles. The van der Waals surface area contributed by atoms with Crippen molar-refractivity contribution >= 4 is 11.7 Å². The van der Waals surface area contributed by atoms with E-state index in [4.69, 9.17) is 0 Å². The topological polar surface area (TPSA) is 70.6 Å². The van der Waals surface area contributed by atoms with Gasteiger partial charge in [0.15, 0.2) is 0 Å². The zero-order chi connectivity index (χ0) is 15.3. The number of benzene rings is 1. The van der Waals surface area contributed by atoms with Gasteiger partial charge < -0.3 is 20.5 Å². The first kappa shape index (κ1) is 15.5. The summed E-state index contributed by atoms with van der Waals surface area (Å²) >= 11 is 0. The summed E-state index contributed by atoms with van der Waals surface area (Å²) in [4.78, 5) is 11.7. The Morgan fingerprint density at radius 2 is 2.10 bits per heavy atom. The van der Waals surface area contributed by atoms with Crippen molar-refractivity contribution in [2.75, 3.05) is 11.9 Å². The number of anilines is 1. The van der Waals surface area contributed by atoms with E-state index in [9.17, 15) is 18.7 Å². The summed E-state index contributed by atoms with van der Waals surface area (Å²) in [6.45, 7) is -2.74. The molecule has 116 valence electrons. The predicted molar refractivity (Wildman–Crippen MR) is 73.5 cm³/mol. The molecular weight excluding hydrogens is 282 g/mol. The largest absolute Gasteiger partial charge is 0.435 e. The van der Waals surface area contributed by atoms with E-state index in [2.05, 4.69) is 15.4 Å². The number of ether oxygens (including phenoxy) is 1. The summed E-state index contributed by atoms with van der Waals surface area (Å²) in [5, 5.41) is 15.2. The van der Waals surface area contributed by atoms with Crippen molar-refractivity contribution in [3.05, 3.63) is 24.3 Å². The van der Waals surface area contributed by atoms with Gasteiger partial charge in [0.05, 0.1) is 5.60 Å². The van der Waals surface area contributed by atoms with Crippen LogP contribution in [0.3, 0.4) is 0 Å². The van der Waals surface area contributed by atoms with Gasteiger partial charge in [-0.3, -0.25) is 0 Å². The molecule has 21 heavy (non-hydrogen) atoms. The molecule has 0 aliphatic heterocycles. The third-order valence-electron chi connectivity index (χ3n) is 3.43. The monoisotopic (exact) mass is 300 g/mol. The molecule has 0 atom stereocenters. The molecule has 0 bridgehead atoms. The molecule has 1 fully saturated rings. The average molecular weight is 300 g/mol. The first-order valence-electron chi connectivity index (χ1n) is 6.79. The van der Waals surface area contributed by atoms with Crippen LogP contribution in [0.1, 0.15) is 25.7 Å². The highest BCUT2D eigenvalue weighted by atomic mass is 19.3. The van der Waals surface area contributed by atoms with Gasteiger partial charge in [-0.25, -0.2) is 4.79 Å². The van der Waals surface area contributed by atoms with Crippen LogP contribution in [0, 0.1) is 0 Å². The first-order valence-corrected chi connectivity index (χ1v) is 6.79. The van der Waals surface area contributed by atoms with Gasteiger partial charge in [0, 0.05) is 18.3 Å². The van der Waals surface area contributed by atoms with Gasteiger partial charge in [-0.05, 0) is 25.0 Å². The number of alkyl halides is 2. The number of nitrogens with one attached hydrogen (secondary N) is 2. The minimum absolute atomic E-state index is 0.0304. The standard InChI is InChI=1S/C14H18F2N2O3/c15-12(16)21-11-5-3-4-10(8-11)18-13(19)17-9-14(20)6-1-2-7-14/h3-5,8,12,20H,1-2,6-7,9H2,(H2,17,18,19). The summed E-state index contributed by atoms with van der Waals surface area (Å²) in [6.07, 6.45) is 3.25. The fraction of sp³-hybridized carbons (Fsp3) is 0.500. The lowest BCUT2D eigenvalue weighted by Crippen LogP contribution is -2.42. The number of rotatable bonds is 5. The maximum Gasteiger partial charge on any atom is 0.387 e. The Labute approximate surface area is 121 Å². The van der Waals surface area contributed by atoms with Crippen molar-refractivity contribution < 1.29 is 23.4 Å². The molecule has 5 nitrogen and oxygen atoms in total. The van der Waals surface area contributed by atoms with Gasteiger partial charge >= 0.3 is 12.6 Å². The lowest BCUT2D eigenvalue weighted by molar-refractivity contribution is -0.0498. The van der Waals surface area contributed by atoms with Gasteiger partial charge in [0.2, 0.25) is 0 Å². The normalized spacial score (nSPS) is 16.8. The van der Waals surface area contributed by atoms with Crippen LogP contribution >= 0.6 is 0 Å². The lowest BCUT2D eigenvalue weighted by atomic mass is 10.0. The summed E-state index contributed by atoms with van der Waals surface area (Å²) < 4.78 is 28.5. The second-order valence-corrected chi connectivity index (χ2v) is 5.15. The molecule has 3 N–H and O–H groups in total. The number of amides is 2. The Morgan fingerprint density at radius 3 is 2.76 bits per heavy atom. The Bertz CT molecular complexity index is 491. The highest BCUT2D eigenvalue weighted by Gasteiger charge is 2.31. The molecule has 0 radical (unpaired) electrons. The molecule has 2 rings (SSSR count). The van der Waals surface area contributed by atoms with Crippen molar-refractivity contribution in [2.24, 2.45) is 0 Å². The summed E-state index contributed by atoms with van der Waals surface area (Å²) in [6, 6.07) is 5.23. The highest BCUT2D eigenvalue weighted by Crippen LogP contribution is 2.28. The van der Waals surface area contributed by atoms with Crippen molar-refractivity contribution in [1.82, 2.24) is 5.32 Å². The van der Waals surface area contributed by atoms with Gasteiger partial charge in [0.1, 0.15) is 5.75 Å². The van der Waals surface area contributed by atoms with E-state index in [0.717, 1.165) is 12.8 Å². The highest BCUT2D eigenvalue weighted by molar-refractivity contribution is 5.89. The van der Waals surface area contributed by atoms with Crippen LogP contribution in [0.5, 0.6) is 5.75 Å². The van der Waals surface area contributed by atoms with E-state index in [-0.39, 0.29) is 12.3 Å². The molecule has 1 saturated carbocycles. The van der Waals surface area contributed by atoms with Crippen LogP contribution in [-0.4, -0.2) is 29.9 Å². The van der Waals surface area contributed by atoms with Gasteiger partial charge in [0.25, 0.3) is 0 Å². The first-order chi connectivity index (χ1) is 9.97. The fourth-order valence-corrected chi connectivity index (χ4v) is 2.38. The van der Waals surface area contributed by atoms with E-state index >= 15 is 0 Å². The molecule has 7 heteroatoms. The number of halogens is 2. The van der Waals surface area contributed by atoms with Crippen molar-refractivity contribution in [1.29, 1.82) is 0 Å². The molecule has 1 aromatic carbocycles. The van der Waals surface area contributed by atoms with E-state index in [1.54, 1.807) is 6.07 Å². The third kappa shape index (κ3) is 4.86. The van der Waals surface area contributed by atoms with Crippen molar-refractivity contribution in [3.8, 4) is 5.75 Å². The van der Waals surface area contributed by atoms with E-state index in [0.29, 0.717) is 18.5 Å². The van der Waals surface area contributed by atoms with Gasteiger partial charge in [-0.2, -0.15) is 8.78 Å². The SMILES string of the molecule is O=C(NCC1(O)CCCC1)Nc1cccc(OC(F)F)c1. The molecule has 0 unspecified atom stereocenters. The molecule has 0 spiro atoms. The van der Waals surface area contributed by atoms with E-state index in [1.807, 2.05) is 0 Å². The van der Waals surface area contributed by atoms with E-state index < -0.39 is 18.2 Å². The predicted octanol–water partition coefficient (Wildman–Crippen LogP) is 2.71. The second kappa shape index (κ2) is 6.71. The summed E-state index contributed by atoms with van der Waals surface area (Å²) in [7, 11) is 0. The van der Waals surface area contributed by atoms with Gasteiger partial charge in [-0.1, -0.05) is 18.9 Å². The molecule has 2 amide bonds. The van der Waals surface area contributed by atoms with Crippen molar-refractivity contribution in [2.45, 2.75) is 37.9 Å². The smallest absolute Gasteiger partial charge is 0.387 e. The molecule has 1 aliphatic carbocycles. The van der Waals surface area contributed by atoms with Crippen LogP contribution in [0.15, 0.2) is 24.3 Å². The van der Waals surface area contributed by atoms with Crippen LogP contribution < -0.4 is 15.4 Å². The average Bonchev–Trinajstić information content (AvgIpc) is 2.84. The summed E-state index contributed by atoms with van der Waals surface area (Å²) in [5.74, 6) is -0.0304. The molecule has 1 aliphatic rings. The van der Waals surface area contributed by atoms with Crippen LogP contribution in [0.4, 0.5) is 19.3 Å². The number of hydrogen-bond donors (Lipinski definition) is 3. The minimum atomic E-state index is -2.91. The zero-order valence-electron chi connectivity index (χ0n) is 11.4. The second-order valence-electron chi connectivity index (χ2n) is 5.15. The van der Waals surface area contributed by atoms with Crippen LogP contribution in [-0.2, 0) is 0 Å². The maximum absolute atomic E-state index is 12.1. The number of hydrogen-bond acceptors (Lipinski definition) is 3. The number of carbonyl (C=O) groups excluding carboxylic acids is 1. The van der Waals surface area contributed by atoms with Crippen LogP contribution in [0.25, 0.3) is 0 Å². The Morgan fingerprint density at radius 1 is 1.38 bits per heavy atom.